The molecule has 1 heterocycles. The van der Waals surface area contributed by atoms with Gasteiger partial charge in [0.05, 0.1) is 21.2 Å². The second-order valence-corrected chi connectivity index (χ2v) is 7.22. The third-order valence-electron chi connectivity index (χ3n) is 3.00. The van der Waals surface area contributed by atoms with Gasteiger partial charge in [0.25, 0.3) is 11.6 Å². The van der Waals surface area contributed by atoms with Crippen molar-refractivity contribution < 1.29 is 14.6 Å². The zero-order valence-electron chi connectivity index (χ0n) is 12.1. The molecule has 23 heavy (non-hydrogen) atoms. The molecule has 122 valence electrons. The van der Waals surface area contributed by atoms with Crippen molar-refractivity contribution in [3.05, 3.63) is 54.7 Å². The molecule has 6 nitrogen and oxygen atoms in total. The number of halogens is 2. The van der Waals surface area contributed by atoms with Crippen molar-refractivity contribution in [3.8, 4) is 0 Å². The number of nitro benzene ring substituents is 1. The van der Waals surface area contributed by atoms with Gasteiger partial charge in [0, 0.05) is 11.1 Å². The van der Waals surface area contributed by atoms with E-state index in [1.165, 1.54) is 29.5 Å². The largest absolute Gasteiger partial charge is 0.325 e. The van der Waals surface area contributed by atoms with Crippen molar-refractivity contribution in [1.29, 1.82) is 0 Å². The first kappa shape index (κ1) is 17.7. The number of anilines is 1. The molecule has 1 aromatic carbocycles. The van der Waals surface area contributed by atoms with Crippen LogP contribution in [0.5, 0.6) is 0 Å². The molecular formula is C14H14Cl2N3O3S+. The number of carbonyl (C=O) groups excluding carboxylic acids is 1. The number of quaternary nitrogens is 1. The third-order valence-corrected chi connectivity index (χ3v) is 4.46. The summed E-state index contributed by atoms with van der Waals surface area (Å²) in [6, 6.07) is 7.85. The lowest BCUT2D eigenvalue weighted by atomic mass is 10.2. The van der Waals surface area contributed by atoms with Gasteiger partial charge in [-0.3, -0.25) is 14.9 Å². The van der Waals surface area contributed by atoms with Gasteiger partial charge in [-0.15, -0.1) is 11.3 Å². The molecule has 2 N–H and O–H groups in total. The van der Waals surface area contributed by atoms with E-state index in [0.29, 0.717) is 10.9 Å². The van der Waals surface area contributed by atoms with Gasteiger partial charge in [-0.1, -0.05) is 23.2 Å². The first-order chi connectivity index (χ1) is 10.8. The quantitative estimate of drug-likeness (QED) is 0.602. The molecule has 0 saturated heterocycles. The molecule has 1 aromatic heterocycles. The monoisotopic (exact) mass is 374 g/mol. The van der Waals surface area contributed by atoms with Crippen LogP contribution in [0.2, 0.25) is 9.36 Å². The molecule has 0 aliphatic heterocycles. The molecule has 0 bridgehead atoms. The molecule has 0 spiro atoms. The first-order valence-electron chi connectivity index (χ1n) is 6.64. The number of thiophene rings is 1. The zero-order valence-corrected chi connectivity index (χ0v) is 14.5. The normalized spacial score (nSPS) is 12.0. The van der Waals surface area contributed by atoms with Crippen LogP contribution in [0.15, 0.2) is 30.3 Å². The summed E-state index contributed by atoms with van der Waals surface area (Å²) in [5.41, 5.74) is -0.0927. The lowest BCUT2D eigenvalue weighted by molar-refractivity contribution is -0.884. The minimum atomic E-state index is -0.578. The SMILES string of the molecule is C[NH+](CC(=O)Nc1ccc(Cl)cc1[N+](=O)[O-])Cc1ccc(Cl)s1. The Morgan fingerprint density at radius 1 is 1.35 bits per heavy atom. The average Bonchev–Trinajstić information content (AvgIpc) is 2.85. The van der Waals surface area contributed by atoms with E-state index in [1.807, 2.05) is 19.2 Å². The summed E-state index contributed by atoms with van der Waals surface area (Å²) in [6.07, 6.45) is 0. The number of amides is 1. The molecule has 1 unspecified atom stereocenters. The minimum Gasteiger partial charge on any atom is -0.325 e. The minimum absolute atomic E-state index is 0.136. The Morgan fingerprint density at radius 3 is 2.70 bits per heavy atom. The van der Waals surface area contributed by atoms with E-state index in [4.69, 9.17) is 23.2 Å². The van der Waals surface area contributed by atoms with Crippen LogP contribution in [0.1, 0.15) is 4.88 Å². The highest BCUT2D eigenvalue weighted by molar-refractivity contribution is 7.16. The number of hydrogen-bond donors (Lipinski definition) is 2. The molecular weight excluding hydrogens is 361 g/mol. The Bertz CT molecular complexity index is 736. The molecule has 2 rings (SSSR count). The van der Waals surface area contributed by atoms with Crippen molar-refractivity contribution >= 4 is 51.8 Å². The maximum Gasteiger partial charge on any atom is 0.294 e. The summed E-state index contributed by atoms with van der Waals surface area (Å²) in [5.74, 6) is -0.310. The molecule has 0 fully saturated rings. The topological polar surface area (TPSA) is 76.7 Å². The van der Waals surface area contributed by atoms with Gasteiger partial charge in [-0.25, -0.2) is 0 Å². The maximum absolute atomic E-state index is 12.1. The smallest absolute Gasteiger partial charge is 0.294 e. The zero-order chi connectivity index (χ0) is 17.0. The van der Waals surface area contributed by atoms with Crippen LogP contribution < -0.4 is 10.2 Å². The van der Waals surface area contributed by atoms with Crippen molar-refractivity contribution in [2.45, 2.75) is 6.54 Å². The van der Waals surface area contributed by atoms with Gasteiger partial charge >= 0.3 is 0 Å². The van der Waals surface area contributed by atoms with Crippen LogP contribution in [0.3, 0.4) is 0 Å². The van der Waals surface area contributed by atoms with Crippen molar-refractivity contribution in [2.75, 3.05) is 18.9 Å². The summed E-state index contributed by atoms with van der Waals surface area (Å²) in [4.78, 5) is 24.5. The highest BCUT2D eigenvalue weighted by Crippen LogP contribution is 2.27. The second kappa shape index (κ2) is 7.74. The third kappa shape index (κ3) is 5.18. The predicted molar refractivity (Wildman–Crippen MR) is 91.5 cm³/mol. The van der Waals surface area contributed by atoms with E-state index < -0.39 is 4.92 Å². The van der Waals surface area contributed by atoms with Gasteiger partial charge in [0.1, 0.15) is 12.2 Å². The summed E-state index contributed by atoms with van der Waals surface area (Å²) >= 11 is 13.1. The number of rotatable bonds is 6. The number of nitrogens with one attached hydrogen (secondary N) is 2. The number of carbonyl (C=O) groups is 1. The Balaban J connectivity index is 1.98. The molecule has 9 heteroatoms. The number of nitro groups is 1. The Labute approximate surface area is 146 Å². The lowest BCUT2D eigenvalue weighted by Gasteiger charge is -2.13. The van der Waals surface area contributed by atoms with Crippen molar-refractivity contribution in [3.63, 3.8) is 0 Å². The molecule has 1 amide bonds. The fourth-order valence-corrected chi connectivity index (χ4v) is 3.40. The highest BCUT2D eigenvalue weighted by atomic mass is 35.5. The number of nitrogens with zero attached hydrogens (tertiary/aromatic N) is 1. The molecule has 0 radical (unpaired) electrons. The molecule has 0 saturated carbocycles. The Morgan fingerprint density at radius 2 is 2.09 bits per heavy atom. The fraction of sp³-hybridized carbons (Fsp3) is 0.214. The molecule has 2 aromatic rings. The van der Waals surface area contributed by atoms with Crippen LogP contribution in [-0.2, 0) is 11.3 Å². The molecule has 1 atom stereocenters. The summed E-state index contributed by atoms with van der Waals surface area (Å²) < 4.78 is 0.703. The van der Waals surface area contributed by atoms with Crippen molar-refractivity contribution in [1.82, 2.24) is 0 Å². The first-order valence-corrected chi connectivity index (χ1v) is 8.21. The van der Waals surface area contributed by atoms with Crippen molar-refractivity contribution in [2.24, 2.45) is 0 Å². The summed E-state index contributed by atoms with van der Waals surface area (Å²) in [5, 5.41) is 13.8. The van der Waals surface area contributed by atoms with Crippen LogP contribution in [0, 0.1) is 10.1 Å². The maximum atomic E-state index is 12.1. The van der Waals surface area contributed by atoms with E-state index in [1.54, 1.807) is 0 Å². The van der Waals surface area contributed by atoms with Crippen LogP contribution in [-0.4, -0.2) is 24.4 Å². The van der Waals surface area contributed by atoms with Gasteiger partial charge in [-0.2, -0.15) is 0 Å². The van der Waals surface area contributed by atoms with E-state index in [-0.39, 0.29) is 28.8 Å². The lowest BCUT2D eigenvalue weighted by Crippen LogP contribution is -3.08. The van der Waals surface area contributed by atoms with Gasteiger partial charge in [0.2, 0.25) is 0 Å². The summed E-state index contributed by atoms with van der Waals surface area (Å²) in [6.45, 7) is 0.822. The molecule has 0 aliphatic rings. The van der Waals surface area contributed by atoms with Gasteiger partial charge in [0.15, 0.2) is 6.54 Å². The number of likely N-dealkylation sites (N-methyl/N-ethyl adjacent to an activating group) is 1. The second-order valence-electron chi connectivity index (χ2n) is 4.98. The van der Waals surface area contributed by atoms with Crippen LogP contribution in [0.4, 0.5) is 11.4 Å². The van der Waals surface area contributed by atoms with Gasteiger partial charge in [-0.05, 0) is 24.3 Å². The van der Waals surface area contributed by atoms with E-state index >= 15 is 0 Å². The van der Waals surface area contributed by atoms with Gasteiger partial charge < -0.3 is 10.2 Å². The fourth-order valence-electron chi connectivity index (χ4n) is 2.04. The standard InChI is InChI=1S/C14H13Cl2N3O3S/c1-18(7-10-3-5-13(16)23-10)8-14(20)17-11-4-2-9(15)6-12(11)19(21)22/h2-6H,7-8H2,1H3,(H,17,20)/p+1. The molecule has 0 aliphatic carbocycles. The van der Waals surface area contributed by atoms with Crippen LogP contribution in [0.25, 0.3) is 0 Å². The number of hydrogen-bond acceptors (Lipinski definition) is 4. The van der Waals surface area contributed by atoms with E-state index in [2.05, 4.69) is 5.32 Å². The highest BCUT2D eigenvalue weighted by Gasteiger charge is 2.18. The predicted octanol–water partition coefficient (Wildman–Crippen LogP) is 2.62. The van der Waals surface area contributed by atoms with Crippen LogP contribution >= 0.6 is 34.5 Å². The average molecular weight is 375 g/mol. The summed E-state index contributed by atoms with van der Waals surface area (Å²) in [7, 11) is 1.86. The number of benzene rings is 1. The Hall–Kier alpha value is -1.67. The van der Waals surface area contributed by atoms with E-state index in [0.717, 1.165) is 9.78 Å². The Kier molecular flexibility index (Phi) is 5.95. The van der Waals surface area contributed by atoms with E-state index in [9.17, 15) is 14.9 Å².